The highest BCUT2D eigenvalue weighted by atomic mass is 35.5. The molecule has 0 bridgehead atoms. The van der Waals surface area contributed by atoms with Gasteiger partial charge in [0, 0.05) is 10.7 Å². The quantitative estimate of drug-likeness (QED) is 0.534. The highest BCUT2D eigenvalue weighted by Crippen LogP contribution is 2.22. The zero-order valence-electron chi connectivity index (χ0n) is 17.8. The van der Waals surface area contributed by atoms with E-state index in [9.17, 15) is 9.59 Å². The third-order valence-electron chi connectivity index (χ3n) is 4.79. The van der Waals surface area contributed by atoms with Crippen LogP contribution in [-0.2, 0) is 11.4 Å². The van der Waals surface area contributed by atoms with Crippen LogP contribution in [0.15, 0.2) is 60.7 Å². The van der Waals surface area contributed by atoms with Crippen molar-refractivity contribution in [3.8, 4) is 5.75 Å². The summed E-state index contributed by atoms with van der Waals surface area (Å²) in [5.74, 6) is -0.220. The van der Waals surface area contributed by atoms with Gasteiger partial charge in [0.05, 0.1) is 12.1 Å². The summed E-state index contributed by atoms with van der Waals surface area (Å²) in [5, 5.41) is 6.20. The number of benzene rings is 3. The van der Waals surface area contributed by atoms with Crippen LogP contribution < -0.4 is 15.4 Å². The molecule has 2 N–H and O–H groups in total. The second-order valence-corrected chi connectivity index (χ2v) is 7.85. The van der Waals surface area contributed by atoms with Gasteiger partial charge in [-0.05, 0) is 61.7 Å². The number of rotatable bonds is 7. The Morgan fingerprint density at radius 3 is 2.26 bits per heavy atom. The van der Waals surface area contributed by atoms with Crippen molar-refractivity contribution in [3.05, 3.63) is 93.5 Å². The van der Waals surface area contributed by atoms with E-state index >= 15 is 0 Å². The van der Waals surface area contributed by atoms with Crippen molar-refractivity contribution in [1.82, 2.24) is 5.32 Å². The SMILES string of the molecule is Cc1cc(C)c(NC(=O)CNC(=O)c2ccccc2OCc2ccc(Cl)cc2)c(C)c1. The van der Waals surface area contributed by atoms with E-state index < -0.39 is 0 Å². The van der Waals surface area contributed by atoms with Crippen molar-refractivity contribution in [1.29, 1.82) is 0 Å². The molecule has 0 aromatic heterocycles. The van der Waals surface area contributed by atoms with E-state index in [0.717, 1.165) is 27.9 Å². The van der Waals surface area contributed by atoms with Gasteiger partial charge in [-0.3, -0.25) is 9.59 Å². The molecule has 6 heteroatoms. The fourth-order valence-electron chi connectivity index (χ4n) is 3.34. The minimum atomic E-state index is -0.376. The molecule has 0 aliphatic carbocycles. The maximum absolute atomic E-state index is 12.7. The molecule has 0 radical (unpaired) electrons. The van der Waals surface area contributed by atoms with Crippen molar-refractivity contribution in [2.24, 2.45) is 0 Å². The molecule has 0 aliphatic rings. The highest BCUT2D eigenvalue weighted by molar-refractivity contribution is 6.30. The van der Waals surface area contributed by atoms with Crippen molar-refractivity contribution < 1.29 is 14.3 Å². The van der Waals surface area contributed by atoms with Crippen molar-refractivity contribution in [2.45, 2.75) is 27.4 Å². The van der Waals surface area contributed by atoms with Crippen LogP contribution in [0.25, 0.3) is 0 Å². The van der Waals surface area contributed by atoms with Gasteiger partial charge in [-0.1, -0.05) is 53.6 Å². The Morgan fingerprint density at radius 1 is 0.935 bits per heavy atom. The molecule has 0 saturated heterocycles. The summed E-state index contributed by atoms with van der Waals surface area (Å²) >= 11 is 5.90. The summed E-state index contributed by atoms with van der Waals surface area (Å²) in [7, 11) is 0. The molecule has 3 aromatic carbocycles. The normalized spacial score (nSPS) is 10.5. The molecule has 3 rings (SSSR count). The van der Waals surface area contributed by atoms with Gasteiger partial charge in [0.25, 0.3) is 5.91 Å². The topological polar surface area (TPSA) is 67.4 Å². The third kappa shape index (κ3) is 6.09. The number of hydrogen-bond acceptors (Lipinski definition) is 3. The van der Waals surface area contributed by atoms with E-state index in [-0.39, 0.29) is 18.4 Å². The van der Waals surface area contributed by atoms with Gasteiger partial charge in [0.2, 0.25) is 5.91 Å². The Balaban J connectivity index is 1.60. The molecule has 2 amide bonds. The summed E-state index contributed by atoms with van der Waals surface area (Å²) in [5.41, 5.74) is 5.18. The minimum Gasteiger partial charge on any atom is -0.488 e. The minimum absolute atomic E-state index is 0.142. The van der Waals surface area contributed by atoms with Crippen molar-refractivity contribution in [3.63, 3.8) is 0 Å². The van der Waals surface area contributed by atoms with E-state index in [0.29, 0.717) is 22.9 Å². The predicted octanol–water partition coefficient (Wildman–Crippen LogP) is 5.21. The van der Waals surface area contributed by atoms with Crippen LogP contribution in [-0.4, -0.2) is 18.4 Å². The van der Waals surface area contributed by atoms with Crippen LogP contribution in [0.4, 0.5) is 5.69 Å². The van der Waals surface area contributed by atoms with Gasteiger partial charge in [-0.15, -0.1) is 0 Å². The summed E-state index contributed by atoms with van der Waals surface area (Å²) in [6.45, 7) is 6.06. The lowest BCUT2D eigenvalue weighted by Gasteiger charge is -2.14. The van der Waals surface area contributed by atoms with Gasteiger partial charge >= 0.3 is 0 Å². The van der Waals surface area contributed by atoms with Crippen LogP contribution in [0.5, 0.6) is 5.75 Å². The van der Waals surface area contributed by atoms with Gasteiger partial charge in [0.1, 0.15) is 12.4 Å². The number of nitrogens with one attached hydrogen (secondary N) is 2. The summed E-state index contributed by atoms with van der Waals surface area (Å²) < 4.78 is 5.82. The summed E-state index contributed by atoms with van der Waals surface area (Å²) in [6, 6.07) is 18.3. The molecule has 160 valence electrons. The van der Waals surface area contributed by atoms with Crippen LogP contribution in [0.1, 0.15) is 32.6 Å². The second kappa shape index (κ2) is 10.1. The maximum atomic E-state index is 12.7. The molecule has 31 heavy (non-hydrogen) atoms. The summed E-state index contributed by atoms with van der Waals surface area (Å²) in [6.07, 6.45) is 0. The van der Waals surface area contributed by atoms with Gasteiger partial charge in [0.15, 0.2) is 0 Å². The molecule has 3 aromatic rings. The number of ether oxygens (including phenoxy) is 1. The molecule has 0 saturated carbocycles. The van der Waals surface area contributed by atoms with Crippen LogP contribution in [0.2, 0.25) is 5.02 Å². The zero-order chi connectivity index (χ0) is 22.4. The number of carbonyl (C=O) groups excluding carboxylic acids is 2. The van der Waals surface area contributed by atoms with Crippen LogP contribution in [0.3, 0.4) is 0 Å². The van der Waals surface area contributed by atoms with E-state index in [1.165, 1.54) is 0 Å². The molecular formula is C25H25ClN2O3. The van der Waals surface area contributed by atoms with Gasteiger partial charge < -0.3 is 15.4 Å². The first-order chi connectivity index (χ1) is 14.8. The molecular weight excluding hydrogens is 412 g/mol. The Bertz CT molecular complexity index is 1070. The monoisotopic (exact) mass is 436 g/mol. The first-order valence-electron chi connectivity index (χ1n) is 9.95. The average Bonchev–Trinajstić information content (AvgIpc) is 2.74. The second-order valence-electron chi connectivity index (χ2n) is 7.42. The van der Waals surface area contributed by atoms with E-state index in [4.69, 9.17) is 16.3 Å². The fraction of sp³-hybridized carbons (Fsp3) is 0.200. The first-order valence-corrected chi connectivity index (χ1v) is 10.3. The Hall–Kier alpha value is -3.31. The molecule has 0 heterocycles. The van der Waals surface area contributed by atoms with Crippen molar-refractivity contribution >= 4 is 29.1 Å². The Morgan fingerprint density at radius 2 is 1.58 bits per heavy atom. The Labute approximate surface area is 187 Å². The number of carbonyl (C=O) groups is 2. The van der Waals surface area contributed by atoms with E-state index in [2.05, 4.69) is 10.6 Å². The number of anilines is 1. The molecule has 0 fully saturated rings. The maximum Gasteiger partial charge on any atom is 0.255 e. The van der Waals surface area contributed by atoms with Crippen LogP contribution in [0, 0.1) is 20.8 Å². The van der Waals surface area contributed by atoms with E-state index in [1.807, 2.05) is 45.0 Å². The zero-order valence-corrected chi connectivity index (χ0v) is 18.5. The summed E-state index contributed by atoms with van der Waals surface area (Å²) in [4.78, 5) is 25.1. The van der Waals surface area contributed by atoms with Gasteiger partial charge in [-0.2, -0.15) is 0 Å². The molecule has 0 aliphatic heterocycles. The number of aryl methyl sites for hydroxylation is 3. The number of halogens is 1. The number of hydrogen-bond donors (Lipinski definition) is 2. The first kappa shape index (κ1) is 22.4. The lowest BCUT2D eigenvalue weighted by molar-refractivity contribution is -0.115. The number of para-hydroxylation sites is 1. The molecule has 5 nitrogen and oxygen atoms in total. The predicted molar refractivity (Wildman–Crippen MR) is 124 cm³/mol. The van der Waals surface area contributed by atoms with Crippen LogP contribution >= 0.6 is 11.6 Å². The van der Waals surface area contributed by atoms with E-state index in [1.54, 1.807) is 36.4 Å². The lowest BCUT2D eigenvalue weighted by Crippen LogP contribution is -2.33. The molecule has 0 unspecified atom stereocenters. The fourth-order valence-corrected chi connectivity index (χ4v) is 3.46. The highest BCUT2D eigenvalue weighted by Gasteiger charge is 2.14. The third-order valence-corrected chi connectivity index (χ3v) is 5.04. The molecule has 0 atom stereocenters. The van der Waals surface area contributed by atoms with Gasteiger partial charge in [-0.25, -0.2) is 0 Å². The standard InChI is InChI=1S/C25H25ClN2O3/c1-16-12-17(2)24(18(3)13-16)28-23(29)14-27-25(30)21-6-4-5-7-22(21)31-15-19-8-10-20(26)11-9-19/h4-13H,14-15H2,1-3H3,(H,27,30)(H,28,29). The smallest absolute Gasteiger partial charge is 0.255 e. The Kier molecular flexibility index (Phi) is 7.32. The largest absolute Gasteiger partial charge is 0.488 e. The number of amides is 2. The van der Waals surface area contributed by atoms with Crippen molar-refractivity contribution in [2.75, 3.05) is 11.9 Å². The lowest BCUT2D eigenvalue weighted by atomic mass is 10.1. The average molecular weight is 437 g/mol. The molecule has 0 spiro atoms.